The summed E-state index contributed by atoms with van der Waals surface area (Å²) in [5.41, 5.74) is 3.50. The number of benzene rings is 2. The number of hydrogen-bond donors (Lipinski definition) is 1. The van der Waals surface area contributed by atoms with E-state index in [4.69, 9.17) is 4.74 Å². The molecule has 2 nitrogen and oxygen atoms in total. The fourth-order valence-electron chi connectivity index (χ4n) is 4.22. The van der Waals surface area contributed by atoms with E-state index >= 15 is 0 Å². The summed E-state index contributed by atoms with van der Waals surface area (Å²) in [6.07, 6.45) is 4.09. The molecule has 0 saturated heterocycles. The van der Waals surface area contributed by atoms with Crippen LogP contribution < -0.4 is 5.32 Å². The van der Waals surface area contributed by atoms with Crippen LogP contribution in [0.25, 0.3) is 0 Å². The van der Waals surface area contributed by atoms with Crippen LogP contribution in [0.5, 0.6) is 0 Å². The molecule has 0 aliphatic carbocycles. The lowest BCUT2D eigenvalue weighted by Gasteiger charge is -2.36. The molecule has 0 spiro atoms. The molecule has 0 fully saturated rings. The van der Waals surface area contributed by atoms with Crippen LogP contribution in [0.4, 0.5) is 0 Å². The molecule has 24 heavy (non-hydrogen) atoms. The lowest BCUT2D eigenvalue weighted by atomic mass is 9.80. The smallest absolute Gasteiger partial charge is 0.120 e. The first-order valence-corrected chi connectivity index (χ1v) is 9.22. The molecule has 0 bridgehead atoms. The van der Waals surface area contributed by atoms with Gasteiger partial charge in [-0.1, -0.05) is 68.4 Å². The van der Waals surface area contributed by atoms with Gasteiger partial charge in [-0.05, 0) is 56.0 Å². The zero-order valence-corrected chi connectivity index (χ0v) is 15.1. The van der Waals surface area contributed by atoms with Gasteiger partial charge in [-0.15, -0.1) is 0 Å². The Kier molecular flexibility index (Phi) is 5.07. The molecule has 2 heteroatoms. The van der Waals surface area contributed by atoms with Crippen molar-refractivity contribution < 1.29 is 4.74 Å². The topological polar surface area (TPSA) is 21.3 Å². The first-order chi connectivity index (χ1) is 11.7. The zero-order chi connectivity index (χ0) is 17.0. The Labute approximate surface area is 146 Å². The van der Waals surface area contributed by atoms with Crippen molar-refractivity contribution in [1.29, 1.82) is 0 Å². The highest BCUT2D eigenvalue weighted by atomic mass is 16.5. The van der Waals surface area contributed by atoms with Crippen molar-refractivity contribution in [2.24, 2.45) is 0 Å². The first kappa shape index (κ1) is 17.2. The second-order valence-electron chi connectivity index (χ2n) is 6.75. The summed E-state index contributed by atoms with van der Waals surface area (Å²) >= 11 is 0. The molecular formula is C22H29NO. The van der Waals surface area contributed by atoms with Crippen molar-refractivity contribution in [3.63, 3.8) is 0 Å². The van der Waals surface area contributed by atoms with Crippen LogP contribution >= 0.6 is 0 Å². The van der Waals surface area contributed by atoms with Crippen LogP contribution in [-0.4, -0.2) is 13.6 Å². The van der Waals surface area contributed by atoms with Crippen molar-refractivity contribution in [3.8, 4) is 0 Å². The van der Waals surface area contributed by atoms with Crippen LogP contribution in [0.15, 0.2) is 54.6 Å². The van der Waals surface area contributed by atoms with E-state index in [1.807, 2.05) is 7.05 Å². The second kappa shape index (κ2) is 7.08. The van der Waals surface area contributed by atoms with Crippen molar-refractivity contribution >= 4 is 0 Å². The zero-order valence-electron chi connectivity index (χ0n) is 15.1. The number of hydrogen-bond acceptors (Lipinski definition) is 2. The Balaban J connectivity index is 2.15. The monoisotopic (exact) mass is 323 g/mol. The largest absolute Gasteiger partial charge is 0.354 e. The third-order valence-corrected chi connectivity index (χ3v) is 5.56. The Bertz CT molecular complexity index is 663. The van der Waals surface area contributed by atoms with Crippen molar-refractivity contribution in [2.45, 2.75) is 50.7 Å². The van der Waals surface area contributed by atoms with Gasteiger partial charge in [0, 0.05) is 0 Å². The minimum atomic E-state index is -0.333. The van der Waals surface area contributed by atoms with Crippen molar-refractivity contribution in [3.05, 3.63) is 71.3 Å². The van der Waals surface area contributed by atoms with Gasteiger partial charge in [-0.25, -0.2) is 0 Å². The van der Waals surface area contributed by atoms with Crippen LogP contribution in [0.3, 0.4) is 0 Å². The SMILES string of the molecule is CCC1(CC)OC(CCCNC)(c2ccccc2)c2ccccc21. The van der Waals surface area contributed by atoms with Crippen molar-refractivity contribution in [2.75, 3.05) is 13.6 Å². The van der Waals surface area contributed by atoms with Crippen LogP contribution in [-0.2, 0) is 15.9 Å². The molecule has 1 aliphatic rings. The molecule has 1 aliphatic heterocycles. The Hall–Kier alpha value is -1.64. The van der Waals surface area contributed by atoms with Gasteiger partial charge in [0.1, 0.15) is 5.60 Å². The first-order valence-electron chi connectivity index (χ1n) is 9.22. The number of rotatable bonds is 7. The van der Waals surface area contributed by atoms with E-state index in [1.54, 1.807) is 0 Å². The second-order valence-corrected chi connectivity index (χ2v) is 6.75. The molecule has 0 radical (unpaired) electrons. The molecule has 2 aromatic rings. The van der Waals surface area contributed by atoms with Gasteiger partial charge in [0.25, 0.3) is 0 Å². The van der Waals surface area contributed by atoms with Crippen LogP contribution in [0.2, 0.25) is 0 Å². The molecule has 3 rings (SSSR count). The van der Waals surface area contributed by atoms with Crippen LogP contribution in [0, 0.1) is 0 Å². The maximum absolute atomic E-state index is 7.01. The summed E-state index contributed by atoms with van der Waals surface area (Å²) in [6.45, 7) is 5.50. The van der Waals surface area contributed by atoms with Gasteiger partial charge in [-0.3, -0.25) is 0 Å². The standard InChI is InChI=1S/C22H29NO/c1-4-21(5-2)19-14-9-10-15-20(19)22(24-21,16-11-17-23-3)18-12-7-6-8-13-18/h6-10,12-15,23H,4-5,11,16-17H2,1-3H3. The lowest BCUT2D eigenvalue weighted by molar-refractivity contribution is -0.131. The van der Waals surface area contributed by atoms with Crippen LogP contribution in [0.1, 0.15) is 56.2 Å². The van der Waals surface area contributed by atoms with Gasteiger partial charge < -0.3 is 10.1 Å². The molecule has 0 aromatic heterocycles. The summed E-state index contributed by atoms with van der Waals surface area (Å²) in [7, 11) is 2.01. The summed E-state index contributed by atoms with van der Waals surface area (Å²) in [4.78, 5) is 0. The molecule has 0 saturated carbocycles. The van der Waals surface area contributed by atoms with E-state index in [9.17, 15) is 0 Å². The highest BCUT2D eigenvalue weighted by Gasteiger charge is 2.51. The highest BCUT2D eigenvalue weighted by molar-refractivity contribution is 5.48. The minimum Gasteiger partial charge on any atom is -0.354 e. The minimum absolute atomic E-state index is 0.175. The highest BCUT2D eigenvalue weighted by Crippen LogP contribution is 2.55. The average molecular weight is 323 g/mol. The van der Waals surface area contributed by atoms with E-state index in [0.717, 1.165) is 32.2 Å². The molecule has 1 heterocycles. The molecule has 0 amide bonds. The summed E-state index contributed by atoms with van der Waals surface area (Å²) in [5.74, 6) is 0. The fourth-order valence-corrected chi connectivity index (χ4v) is 4.22. The van der Waals surface area contributed by atoms with E-state index < -0.39 is 0 Å². The quantitative estimate of drug-likeness (QED) is 0.726. The van der Waals surface area contributed by atoms with E-state index in [1.165, 1.54) is 16.7 Å². The van der Waals surface area contributed by atoms with Crippen molar-refractivity contribution in [1.82, 2.24) is 5.32 Å². The Morgan fingerprint density at radius 1 is 0.875 bits per heavy atom. The van der Waals surface area contributed by atoms with E-state index in [2.05, 4.69) is 73.8 Å². The third-order valence-electron chi connectivity index (χ3n) is 5.56. The van der Waals surface area contributed by atoms with Gasteiger partial charge in [0.05, 0.1) is 5.60 Å². The third kappa shape index (κ3) is 2.68. The van der Waals surface area contributed by atoms with Gasteiger partial charge in [-0.2, -0.15) is 0 Å². The molecule has 1 unspecified atom stereocenters. The Morgan fingerprint density at radius 3 is 2.12 bits per heavy atom. The molecule has 2 aromatic carbocycles. The van der Waals surface area contributed by atoms with Gasteiger partial charge in [0.15, 0.2) is 0 Å². The fraction of sp³-hybridized carbons (Fsp3) is 0.455. The number of fused-ring (bicyclic) bond motifs is 1. The summed E-state index contributed by atoms with van der Waals surface area (Å²) in [5, 5.41) is 3.28. The Morgan fingerprint density at radius 2 is 1.50 bits per heavy atom. The molecule has 128 valence electrons. The average Bonchev–Trinajstić information content (AvgIpc) is 2.95. The van der Waals surface area contributed by atoms with Gasteiger partial charge in [0.2, 0.25) is 0 Å². The number of ether oxygens (including phenoxy) is 1. The number of nitrogens with one attached hydrogen (secondary N) is 1. The van der Waals surface area contributed by atoms with E-state index in [-0.39, 0.29) is 11.2 Å². The van der Waals surface area contributed by atoms with E-state index in [0.29, 0.717) is 0 Å². The predicted molar refractivity (Wildman–Crippen MR) is 100 cm³/mol. The molecular weight excluding hydrogens is 294 g/mol. The molecule has 1 atom stereocenters. The summed E-state index contributed by atoms with van der Waals surface area (Å²) < 4.78 is 7.01. The summed E-state index contributed by atoms with van der Waals surface area (Å²) in [6, 6.07) is 19.6. The normalized spacial score (nSPS) is 21.6. The lowest BCUT2D eigenvalue weighted by Crippen LogP contribution is -2.33. The maximum Gasteiger partial charge on any atom is 0.120 e. The predicted octanol–water partition coefficient (Wildman–Crippen LogP) is 4.98. The molecule has 1 N–H and O–H groups in total. The van der Waals surface area contributed by atoms with Gasteiger partial charge >= 0.3 is 0 Å². The maximum atomic E-state index is 7.01.